The summed E-state index contributed by atoms with van der Waals surface area (Å²) in [6.45, 7) is 3.70. The third-order valence-corrected chi connectivity index (χ3v) is 3.28. The van der Waals surface area contributed by atoms with Crippen molar-refractivity contribution in [3.8, 4) is 0 Å². The molecule has 1 aliphatic heterocycles. The van der Waals surface area contributed by atoms with E-state index in [2.05, 4.69) is 14.9 Å². The van der Waals surface area contributed by atoms with Crippen molar-refractivity contribution in [3.63, 3.8) is 0 Å². The van der Waals surface area contributed by atoms with Crippen LogP contribution in [0.25, 0.3) is 0 Å². The number of hydrogen-bond acceptors (Lipinski definition) is 4. The van der Waals surface area contributed by atoms with Crippen molar-refractivity contribution in [1.82, 2.24) is 14.9 Å². The molecule has 5 heteroatoms. The molecule has 0 radical (unpaired) electrons. The Morgan fingerprint density at radius 3 is 3.00 bits per heavy atom. The Labute approximate surface area is 94.7 Å². The summed E-state index contributed by atoms with van der Waals surface area (Å²) in [5.41, 5.74) is 5.50. The molecule has 5 nitrogen and oxygen atoms in total. The fourth-order valence-corrected chi connectivity index (χ4v) is 2.51. The largest absolute Gasteiger partial charge is 0.368 e. The second kappa shape index (κ2) is 4.17. The Morgan fingerprint density at radius 2 is 2.44 bits per heavy atom. The number of nitrogens with zero attached hydrogens (tertiary/aromatic N) is 3. The normalized spacial score (nSPS) is 25.8. The maximum absolute atomic E-state index is 11.8. The Bertz CT molecular complexity index is 381. The highest BCUT2D eigenvalue weighted by molar-refractivity contribution is 5.86. The van der Waals surface area contributed by atoms with E-state index in [0.29, 0.717) is 5.69 Å². The number of primary amides is 1. The van der Waals surface area contributed by atoms with E-state index in [1.54, 1.807) is 18.6 Å². The number of nitrogens with two attached hydrogens (primary N) is 1. The zero-order valence-electron chi connectivity index (χ0n) is 9.39. The van der Waals surface area contributed by atoms with Crippen molar-refractivity contribution in [2.45, 2.75) is 25.3 Å². The SMILES string of the molecule is CCN1CCCC1(C(N)=O)c1cnccn1. The first kappa shape index (κ1) is 11.0. The van der Waals surface area contributed by atoms with Crippen LogP contribution in [0, 0.1) is 0 Å². The minimum atomic E-state index is -0.747. The summed E-state index contributed by atoms with van der Waals surface area (Å²) in [6.07, 6.45) is 6.54. The van der Waals surface area contributed by atoms with Gasteiger partial charge in [-0.1, -0.05) is 6.92 Å². The molecule has 1 atom stereocenters. The summed E-state index contributed by atoms with van der Waals surface area (Å²) in [6, 6.07) is 0. The molecule has 1 aromatic rings. The molecule has 2 rings (SSSR count). The van der Waals surface area contributed by atoms with E-state index in [4.69, 9.17) is 5.73 Å². The van der Waals surface area contributed by atoms with Crippen molar-refractivity contribution < 1.29 is 4.79 Å². The van der Waals surface area contributed by atoms with Gasteiger partial charge in [0.25, 0.3) is 0 Å². The van der Waals surface area contributed by atoms with E-state index in [-0.39, 0.29) is 5.91 Å². The van der Waals surface area contributed by atoms with Crippen molar-refractivity contribution in [1.29, 1.82) is 0 Å². The van der Waals surface area contributed by atoms with E-state index in [9.17, 15) is 4.79 Å². The molecule has 1 fully saturated rings. The maximum Gasteiger partial charge on any atom is 0.244 e. The highest BCUT2D eigenvalue weighted by Gasteiger charge is 2.48. The third kappa shape index (κ3) is 1.48. The molecule has 16 heavy (non-hydrogen) atoms. The first-order valence-electron chi connectivity index (χ1n) is 5.53. The van der Waals surface area contributed by atoms with Crippen LogP contribution < -0.4 is 5.73 Å². The predicted octanol–water partition coefficient (Wildman–Crippen LogP) is 0.273. The molecule has 2 heterocycles. The number of carbonyl (C=O) groups excluding carboxylic acids is 1. The van der Waals surface area contributed by atoms with E-state index in [1.807, 2.05) is 6.92 Å². The van der Waals surface area contributed by atoms with Gasteiger partial charge in [-0.3, -0.25) is 19.7 Å². The molecule has 1 amide bonds. The zero-order valence-corrected chi connectivity index (χ0v) is 9.39. The van der Waals surface area contributed by atoms with Gasteiger partial charge in [0.1, 0.15) is 5.54 Å². The van der Waals surface area contributed by atoms with Crippen LogP contribution in [0.5, 0.6) is 0 Å². The monoisotopic (exact) mass is 220 g/mol. The third-order valence-electron chi connectivity index (χ3n) is 3.28. The number of amides is 1. The van der Waals surface area contributed by atoms with Crippen LogP contribution in [0.4, 0.5) is 0 Å². The zero-order chi connectivity index (χ0) is 11.6. The number of carbonyl (C=O) groups is 1. The minimum Gasteiger partial charge on any atom is -0.368 e. The molecule has 2 N–H and O–H groups in total. The molecule has 0 saturated carbocycles. The van der Waals surface area contributed by atoms with Crippen molar-refractivity contribution >= 4 is 5.91 Å². The van der Waals surface area contributed by atoms with Gasteiger partial charge in [-0.15, -0.1) is 0 Å². The molecule has 0 bridgehead atoms. The lowest BCUT2D eigenvalue weighted by atomic mass is 9.91. The van der Waals surface area contributed by atoms with Crippen LogP contribution in [-0.2, 0) is 10.3 Å². The quantitative estimate of drug-likeness (QED) is 0.793. The smallest absolute Gasteiger partial charge is 0.244 e. The Kier molecular flexibility index (Phi) is 2.87. The van der Waals surface area contributed by atoms with Gasteiger partial charge in [0.05, 0.1) is 11.9 Å². The average molecular weight is 220 g/mol. The number of rotatable bonds is 3. The van der Waals surface area contributed by atoms with E-state index >= 15 is 0 Å². The highest BCUT2D eigenvalue weighted by atomic mass is 16.1. The van der Waals surface area contributed by atoms with Crippen LogP contribution in [0.15, 0.2) is 18.6 Å². The summed E-state index contributed by atoms with van der Waals surface area (Å²) < 4.78 is 0. The molecule has 86 valence electrons. The van der Waals surface area contributed by atoms with Crippen LogP contribution in [0.2, 0.25) is 0 Å². The number of hydrogen-bond donors (Lipinski definition) is 1. The van der Waals surface area contributed by atoms with Crippen LogP contribution in [-0.4, -0.2) is 33.9 Å². The van der Waals surface area contributed by atoms with Gasteiger partial charge in [0, 0.05) is 12.4 Å². The van der Waals surface area contributed by atoms with Gasteiger partial charge in [0.2, 0.25) is 5.91 Å². The van der Waals surface area contributed by atoms with Gasteiger partial charge >= 0.3 is 0 Å². The minimum absolute atomic E-state index is 0.327. The van der Waals surface area contributed by atoms with Crippen LogP contribution >= 0.6 is 0 Å². The molecular formula is C11H16N4O. The second-order valence-electron chi connectivity index (χ2n) is 4.00. The summed E-state index contributed by atoms with van der Waals surface area (Å²) in [7, 11) is 0. The first-order valence-corrected chi connectivity index (χ1v) is 5.53. The Balaban J connectivity index is 2.48. The fraction of sp³-hybridized carbons (Fsp3) is 0.545. The van der Waals surface area contributed by atoms with Gasteiger partial charge in [-0.25, -0.2) is 0 Å². The molecular weight excluding hydrogens is 204 g/mol. The Morgan fingerprint density at radius 1 is 1.62 bits per heavy atom. The molecule has 1 aliphatic rings. The highest BCUT2D eigenvalue weighted by Crippen LogP contribution is 2.36. The number of aromatic nitrogens is 2. The molecule has 0 spiro atoms. The fourth-order valence-electron chi connectivity index (χ4n) is 2.51. The lowest BCUT2D eigenvalue weighted by Gasteiger charge is -2.34. The summed E-state index contributed by atoms with van der Waals surface area (Å²) in [5.74, 6) is -0.327. The van der Waals surface area contributed by atoms with E-state index in [1.165, 1.54) is 0 Å². The first-order chi connectivity index (χ1) is 7.71. The van der Waals surface area contributed by atoms with E-state index < -0.39 is 5.54 Å². The summed E-state index contributed by atoms with van der Waals surface area (Å²) in [4.78, 5) is 22.2. The molecule has 1 aromatic heterocycles. The predicted molar refractivity (Wildman–Crippen MR) is 59.4 cm³/mol. The number of likely N-dealkylation sites (tertiary alicyclic amines) is 1. The summed E-state index contributed by atoms with van der Waals surface area (Å²) in [5, 5.41) is 0. The average Bonchev–Trinajstić information content (AvgIpc) is 2.74. The molecule has 1 saturated heterocycles. The van der Waals surface area contributed by atoms with Gasteiger partial charge in [-0.2, -0.15) is 0 Å². The van der Waals surface area contributed by atoms with Crippen LogP contribution in [0.1, 0.15) is 25.5 Å². The number of likely N-dealkylation sites (N-methyl/N-ethyl adjacent to an activating group) is 1. The molecule has 0 aromatic carbocycles. The maximum atomic E-state index is 11.8. The van der Waals surface area contributed by atoms with Crippen molar-refractivity contribution in [2.75, 3.05) is 13.1 Å². The summed E-state index contributed by atoms with van der Waals surface area (Å²) >= 11 is 0. The van der Waals surface area contributed by atoms with Crippen LogP contribution in [0.3, 0.4) is 0 Å². The standard InChI is InChI=1S/C11H16N4O/c1-2-15-7-3-4-11(15,10(12)16)9-8-13-5-6-14-9/h5-6,8H,2-4,7H2,1H3,(H2,12,16). The van der Waals surface area contributed by atoms with Crippen molar-refractivity contribution in [2.24, 2.45) is 5.73 Å². The Hall–Kier alpha value is -1.49. The van der Waals surface area contributed by atoms with Crippen molar-refractivity contribution in [3.05, 3.63) is 24.3 Å². The lowest BCUT2D eigenvalue weighted by Crippen LogP contribution is -2.51. The lowest BCUT2D eigenvalue weighted by molar-refractivity contribution is -0.129. The molecule has 0 aliphatic carbocycles. The second-order valence-corrected chi connectivity index (χ2v) is 4.00. The van der Waals surface area contributed by atoms with Gasteiger partial charge in [-0.05, 0) is 25.9 Å². The van der Waals surface area contributed by atoms with Gasteiger partial charge < -0.3 is 5.73 Å². The molecule has 1 unspecified atom stereocenters. The van der Waals surface area contributed by atoms with E-state index in [0.717, 1.165) is 25.9 Å². The topological polar surface area (TPSA) is 72.1 Å². The van der Waals surface area contributed by atoms with Gasteiger partial charge in [0.15, 0.2) is 0 Å².